The molecule has 5 nitrogen and oxygen atoms in total. The van der Waals surface area contributed by atoms with Crippen molar-refractivity contribution in [1.82, 2.24) is 4.90 Å². The third-order valence-electron chi connectivity index (χ3n) is 4.54. The van der Waals surface area contributed by atoms with Crippen LogP contribution in [0, 0.1) is 11.3 Å². The van der Waals surface area contributed by atoms with Crippen molar-refractivity contribution in [3.05, 3.63) is 23.8 Å². The van der Waals surface area contributed by atoms with Crippen LogP contribution in [0.25, 0.3) is 0 Å². The van der Waals surface area contributed by atoms with Crippen LogP contribution in [0.4, 0.5) is 11.4 Å². The number of hydrogen-bond donors (Lipinski definition) is 1. The molecule has 0 heterocycles. The van der Waals surface area contributed by atoms with Gasteiger partial charge in [0.05, 0.1) is 5.56 Å². The normalized spacial score (nSPS) is 12.4. The van der Waals surface area contributed by atoms with Gasteiger partial charge >= 0.3 is 0 Å². The number of nitrogens with zero attached hydrogens (tertiary/aromatic N) is 2. The summed E-state index contributed by atoms with van der Waals surface area (Å²) >= 11 is 0. The van der Waals surface area contributed by atoms with Crippen molar-refractivity contribution >= 4 is 23.2 Å². The first kappa shape index (κ1) is 23.0. The van der Waals surface area contributed by atoms with Gasteiger partial charge in [0.25, 0.3) is 5.91 Å². The van der Waals surface area contributed by atoms with Crippen LogP contribution in [0.3, 0.4) is 0 Å². The summed E-state index contributed by atoms with van der Waals surface area (Å²) in [6, 6.07) is 5.55. The van der Waals surface area contributed by atoms with Gasteiger partial charge in [-0.15, -0.1) is 0 Å². The Labute approximate surface area is 165 Å². The second kappa shape index (κ2) is 9.77. The molecule has 1 atom stereocenters. The predicted molar refractivity (Wildman–Crippen MR) is 115 cm³/mol. The highest BCUT2D eigenvalue weighted by molar-refractivity contribution is 6.02. The molecule has 1 aromatic rings. The van der Waals surface area contributed by atoms with Crippen LogP contribution < -0.4 is 10.2 Å². The van der Waals surface area contributed by atoms with Crippen LogP contribution in [0.1, 0.15) is 64.7 Å². The SMILES string of the molecule is CCN(CC)C(=O)c1cc(NC(=O)CC(C)CC(C)(C)C)ccc1N(C)C. The van der Waals surface area contributed by atoms with Gasteiger partial charge in [-0.3, -0.25) is 9.59 Å². The number of rotatable bonds is 8. The van der Waals surface area contributed by atoms with E-state index in [2.05, 4.69) is 33.0 Å². The quantitative estimate of drug-likeness (QED) is 0.720. The summed E-state index contributed by atoms with van der Waals surface area (Å²) in [5.41, 5.74) is 2.34. The Balaban J connectivity index is 2.98. The first-order valence-corrected chi connectivity index (χ1v) is 9.89. The Morgan fingerprint density at radius 2 is 1.70 bits per heavy atom. The van der Waals surface area contributed by atoms with Gasteiger partial charge in [0.1, 0.15) is 0 Å². The fourth-order valence-electron chi connectivity index (χ4n) is 3.50. The van der Waals surface area contributed by atoms with Crippen LogP contribution in [0.2, 0.25) is 0 Å². The van der Waals surface area contributed by atoms with Crippen LogP contribution in [0.15, 0.2) is 18.2 Å². The Kier molecular flexibility index (Phi) is 8.32. The van der Waals surface area contributed by atoms with Crippen molar-refractivity contribution in [2.75, 3.05) is 37.4 Å². The molecule has 0 aliphatic rings. The lowest BCUT2D eigenvalue weighted by Crippen LogP contribution is -2.31. The number of amides is 2. The lowest BCUT2D eigenvalue weighted by atomic mass is 9.84. The summed E-state index contributed by atoms with van der Waals surface area (Å²) in [7, 11) is 3.83. The van der Waals surface area contributed by atoms with E-state index in [0.717, 1.165) is 12.1 Å². The molecular formula is C22H37N3O2. The summed E-state index contributed by atoms with van der Waals surface area (Å²) in [6.07, 6.45) is 1.47. The molecule has 0 spiro atoms. The highest BCUT2D eigenvalue weighted by Gasteiger charge is 2.20. The molecular weight excluding hydrogens is 338 g/mol. The molecule has 1 aromatic carbocycles. The average molecular weight is 376 g/mol. The summed E-state index contributed by atoms with van der Waals surface area (Å²) in [5, 5.41) is 2.97. The Morgan fingerprint density at radius 3 is 2.19 bits per heavy atom. The Morgan fingerprint density at radius 1 is 1.11 bits per heavy atom. The van der Waals surface area contributed by atoms with Crippen LogP contribution >= 0.6 is 0 Å². The van der Waals surface area contributed by atoms with E-state index in [9.17, 15) is 9.59 Å². The molecule has 0 aromatic heterocycles. The van der Waals surface area contributed by atoms with Gasteiger partial charge in [-0.1, -0.05) is 27.7 Å². The van der Waals surface area contributed by atoms with Gasteiger partial charge in [-0.25, -0.2) is 0 Å². The molecule has 1 rings (SSSR count). The molecule has 0 radical (unpaired) electrons. The molecule has 2 amide bonds. The van der Waals surface area contributed by atoms with Crippen molar-refractivity contribution in [1.29, 1.82) is 0 Å². The molecule has 0 saturated heterocycles. The van der Waals surface area contributed by atoms with Gasteiger partial charge in [0, 0.05) is 45.0 Å². The third kappa shape index (κ3) is 7.24. The molecule has 152 valence electrons. The van der Waals surface area contributed by atoms with Crippen LogP contribution in [-0.2, 0) is 4.79 Å². The van der Waals surface area contributed by atoms with E-state index in [-0.39, 0.29) is 17.2 Å². The highest BCUT2D eigenvalue weighted by Crippen LogP contribution is 2.27. The maximum absolute atomic E-state index is 12.9. The fourth-order valence-corrected chi connectivity index (χ4v) is 3.50. The van der Waals surface area contributed by atoms with E-state index >= 15 is 0 Å². The lowest BCUT2D eigenvalue weighted by Gasteiger charge is -2.24. The predicted octanol–water partition coefficient (Wildman–Crippen LogP) is 4.64. The Hall–Kier alpha value is -2.04. The minimum Gasteiger partial charge on any atom is -0.377 e. The molecule has 0 saturated carbocycles. The second-order valence-electron chi connectivity index (χ2n) is 8.73. The van der Waals surface area contributed by atoms with E-state index < -0.39 is 0 Å². The van der Waals surface area contributed by atoms with Crippen molar-refractivity contribution in [2.45, 2.75) is 54.4 Å². The number of nitrogens with one attached hydrogen (secondary N) is 1. The highest BCUT2D eigenvalue weighted by atomic mass is 16.2. The first-order chi connectivity index (χ1) is 12.5. The minimum atomic E-state index is -0.0131. The third-order valence-corrected chi connectivity index (χ3v) is 4.54. The molecule has 27 heavy (non-hydrogen) atoms. The van der Waals surface area contributed by atoms with Gasteiger partial charge in [0.2, 0.25) is 5.91 Å². The molecule has 0 aliphatic heterocycles. The number of carbonyl (C=O) groups excluding carboxylic acids is 2. The molecule has 5 heteroatoms. The van der Waals surface area contributed by atoms with Gasteiger partial charge < -0.3 is 15.1 Å². The summed E-state index contributed by atoms with van der Waals surface area (Å²) < 4.78 is 0. The Bertz CT molecular complexity index is 643. The van der Waals surface area contributed by atoms with E-state index in [4.69, 9.17) is 0 Å². The maximum atomic E-state index is 12.9. The van der Waals surface area contributed by atoms with Gasteiger partial charge in [-0.2, -0.15) is 0 Å². The molecule has 1 unspecified atom stereocenters. The number of hydrogen-bond acceptors (Lipinski definition) is 3. The van der Waals surface area contributed by atoms with E-state index in [1.807, 2.05) is 45.0 Å². The second-order valence-corrected chi connectivity index (χ2v) is 8.73. The fraction of sp³-hybridized carbons (Fsp3) is 0.636. The summed E-state index contributed by atoms with van der Waals surface area (Å²) in [5.74, 6) is 0.286. The van der Waals surface area contributed by atoms with Crippen LogP contribution in [0.5, 0.6) is 0 Å². The van der Waals surface area contributed by atoms with Crippen molar-refractivity contribution in [2.24, 2.45) is 11.3 Å². The van der Waals surface area contributed by atoms with Crippen molar-refractivity contribution in [3.8, 4) is 0 Å². The van der Waals surface area contributed by atoms with Gasteiger partial charge in [0.15, 0.2) is 0 Å². The minimum absolute atomic E-state index is 0.00871. The van der Waals surface area contributed by atoms with E-state index in [0.29, 0.717) is 36.7 Å². The summed E-state index contributed by atoms with van der Waals surface area (Å²) in [4.78, 5) is 29.0. The zero-order valence-electron chi connectivity index (χ0n) is 18.3. The van der Waals surface area contributed by atoms with E-state index in [1.165, 1.54) is 0 Å². The first-order valence-electron chi connectivity index (χ1n) is 9.89. The molecule has 1 N–H and O–H groups in total. The molecule has 0 fully saturated rings. The monoisotopic (exact) mass is 375 g/mol. The topological polar surface area (TPSA) is 52.7 Å². The maximum Gasteiger partial charge on any atom is 0.256 e. The standard InChI is InChI=1S/C22H37N3O2/c1-9-25(10-2)21(27)18-14-17(11-12-19(18)24(7)8)23-20(26)13-16(3)15-22(4,5)6/h11-12,14,16H,9-10,13,15H2,1-8H3,(H,23,26). The van der Waals surface area contributed by atoms with Crippen molar-refractivity contribution < 1.29 is 9.59 Å². The smallest absolute Gasteiger partial charge is 0.256 e. The van der Waals surface area contributed by atoms with E-state index in [1.54, 1.807) is 11.0 Å². The van der Waals surface area contributed by atoms with Crippen molar-refractivity contribution in [3.63, 3.8) is 0 Å². The van der Waals surface area contributed by atoms with Crippen LogP contribution in [-0.4, -0.2) is 43.9 Å². The number of anilines is 2. The largest absolute Gasteiger partial charge is 0.377 e. The van der Waals surface area contributed by atoms with Gasteiger partial charge in [-0.05, 0) is 49.8 Å². The number of benzene rings is 1. The number of carbonyl (C=O) groups is 2. The molecule has 0 aliphatic carbocycles. The molecule has 0 bridgehead atoms. The zero-order chi connectivity index (χ0) is 20.8. The average Bonchev–Trinajstić information content (AvgIpc) is 2.53. The summed E-state index contributed by atoms with van der Waals surface area (Å²) in [6.45, 7) is 13.9. The lowest BCUT2D eigenvalue weighted by molar-refractivity contribution is -0.117. The zero-order valence-corrected chi connectivity index (χ0v) is 18.3.